The van der Waals surface area contributed by atoms with Crippen molar-refractivity contribution in [2.24, 2.45) is 11.7 Å². The molecule has 1 saturated carbocycles. The fraction of sp³-hybridized carbons (Fsp3) is 0.938. The summed E-state index contributed by atoms with van der Waals surface area (Å²) in [5.74, 6) is 0.809. The summed E-state index contributed by atoms with van der Waals surface area (Å²) < 4.78 is 0. The molecule has 1 fully saturated rings. The van der Waals surface area contributed by atoms with Gasteiger partial charge in [0.15, 0.2) is 0 Å². The van der Waals surface area contributed by atoms with Gasteiger partial charge in [0.2, 0.25) is 5.91 Å². The lowest BCUT2D eigenvalue weighted by molar-refractivity contribution is -0.126. The molecule has 1 unspecified atom stereocenters. The zero-order valence-corrected chi connectivity index (χ0v) is 13.5. The van der Waals surface area contributed by atoms with Crippen LogP contribution in [0.4, 0.5) is 0 Å². The van der Waals surface area contributed by atoms with Gasteiger partial charge in [-0.25, -0.2) is 0 Å². The van der Waals surface area contributed by atoms with E-state index in [2.05, 4.69) is 24.1 Å². The van der Waals surface area contributed by atoms with Crippen molar-refractivity contribution in [1.82, 2.24) is 10.2 Å². The molecule has 3 N–H and O–H groups in total. The van der Waals surface area contributed by atoms with Crippen molar-refractivity contribution in [2.45, 2.75) is 71.4 Å². The predicted octanol–water partition coefficient (Wildman–Crippen LogP) is 2.13. The highest BCUT2D eigenvalue weighted by molar-refractivity contribution is 5.81. The van der Waals surface area contributed by atoms with Crippen molar-refractivity contribution in [1.29, 1.82) is 0 Å². The van der Waals surface area contributed by atoms with Gasteiger partial charge in [-0.3, -0.25) is 9.69 Å². The highest BCUT2D eigenvalue weighted by Crippen LogP contribution is 2.25. The van der Waals surface area contributed by atoms with Gasteiger partial charge in [0.1, 0.15) is 0 Å². The lowest BCUT2D eigenvalue weighted by atomic mass is 10.1. The second-order valence-electron chi connectivity index (χ2n) is 6.47. The summed E-state index contributed by atoms with van der Waals surface area (Å²) in [6.07, 6.45) is 7.07. The number of hydrogen-bond acceptors (Lipinski definition) is 3. The van der Waals surface area contributed by atoms with Crippen LogP contribution in [0.2, 0.25) is 0 Å². The van der Waals surface area contributed by atoms with Crippen LogP contribution in [-0.2, 0) is 4.79 Å². The van der Waals surface area contributed by atoms with Crippen LogP contribution in [0.1, 0.15) is 59.3 Å². The molecule has 0 radical (unpaired) electrons. The second-order valence-corrected chi connectivity index (χ2v) is 6.47. The number of nitrogens with one attached hydrogen (secondary N) is 1. The Labute approximate surface area is 124 Å². The van der Waals surface area contributed by atoms with Crippen molar-refractivity contribution in [2.75, 3.05) is 19.6 Å². The summed E-state index contributed by atoms with van der Waals surface area (Å²) in [5, 5.41) is 3.08. The quantitative estimate of drug-likeness (QED) is 0.681. The van der Waals surface area contributed by atoms with Gasteiger partial charge in [-0.2, -0.15) is 0 Å². The lowest BCUT2D eigenvalue weighted by Crippen LogP contribution is -2.50. The molecule has 0 saturated heterocycles. The number of nitrogens with two attached hydrogens (primary N) is 1. The third-order valence-electron chi connectivity index (χ3n) is 4.31. The molecule has 1 rings (SSSR count). The molecule has 1 atom stereocenters. The van der Waals surface area contributed by atoms with E-state index in [9.17, 15) is 4.79 Å². The standard InChI is InChI=1S/C16H33N3O/c1-13(2)9-11-18-16(20)14(3)19(12-6-10-17)15-7-4-5-8-15/h13-15H,4-12,17H2,1-3H3,(H,18,20). The third-order valence-corrected chi connectivity index (χ3v) is 4.31. The van der Waals surface area contributed by atoms with E-state index in [-0.39, 0.29) is 11.9 Å². The molecule has 0 spiro atoms. The van der Waals surface area contributed by atoms with Gasteiger partial charge in [0.25, 0.3) is 0 Å². The largest absolute Gasteiger partial charge is 0.355 e. The van der Waals surface area contributed by atoms with Crippen LogP contribution in [0.15, 0.2) is 0 Å². The number of hydrogen-bond donors (Lipinski definition) is 2. The zero-order chi connectivity index (χ0) is 15.0. The molecule has 20 heavy (non-hydrogen) atoms. The molecule has 118 valence electrons. The van der Waals surface area contributed by atoms with Gasteiger partial charge in [-0.15, -0.1) is 0 Å². The monoisotopic (exact) mass is 283 g/mol. The lowest BCUT2D eigenvalue weighted by Gasteiger charge is -2.33. The molecule has 0 heterocycles. The smallest absolute Gasteiger partial charge is 0.237 e. The van der Waals surface area contributed by atoms with Crippen molar-refractivity contribution >= 4 is 5.91 Å². The number of carbonyl (C=O) groups is 1. The van der Waals surface area contributed by atoms with E-state index < -0.39 is 0 Å². The van der Waals surface area contributed by atoms with E-state index in [4.69, 9.17) is 5.73 Å². The first kappa shape index (κ1) is 17.4. The van der Waals surface area contributed by atoms with Gasteiger partial charge in [-0.05, 0) is 45.1 Å². The van der Waals surface area contributed by atoms with Gasteiger partial charge in [-0.1, -0.05) is 26.7 Å². The average molecular weight is 283 g/mol. The van der Waals surface area contributed by atoms with Crippen LogP contribution in [0.25, 0.3) is 0 Å². The van der Waals surface area contributed by atoms with Crippen molar-refractivity contribution in [3.8, 4) is 0 Å². The summed E-state index contributed by atoms with van der Waals surface area (Å²) in [6.45, 7) is 8.84. The Morgan fingerprint density at radius 2 is 1.95 bits per heavy atom. The van der Waals surface area contributed by atoms with Crippen molar-refractivity contribution < 1.29 is 4.79 Å². The summed E-state index contributed by atoms with van der Waals surface area (Å²) >= 11 is 0. The fourth-order valence-electron chi connectivity index (χ4n) is 2.98. The minimum atomic E-state index is -0.0307. The molecule has 0 aliphatic heterocycles. The molecule has 0 bridgehead atoms. The van der Waals surface area contributed by atoms with Crippen LogP contribution in [0.5, 0.6) is 0 Å². The molecule has 0 aromatic carbocycles. The molecular formula is C16H33N3O. The third kappa shape index (κ3) is 5.80. The predicted molar refractivity (Wildman–Crippen MR) is 84.6 cm³/mol. The molecule has 1 aliphatic carbocycles. The van der Waals surface area contributed by atoms with Crippen LogP contribution < -0.4 is 11.1 Å². The number of rotatable bonds is 9. The molecule has 4 heteroatoms. The van der Waals surface area contributed by atoms with Gasteiger partial charge in [0, 0.05) is 19.1 Å². The molecule has 4 nitrogen and oxygen atoms in total. The van der Waals surface area contributed by atoms with E-state index in [1.165, 1.54) is 25.7 Å². The Kier molecular flexibility index (Phi) is 8.15. The van der Waals surface area contributed by atoms with E-state index >= 15 is 0 Å². The Bertz CT molecular complexity index is 275. The first-order valence-electron chi connectivity index (χ1n) is 8.29. The normalized spacial score (nSPS) is 17.9. The van der Waals surface area contributed by atoms with Crippen LogP contribution in [-0.4, -0.2) is 42.5 Å². The maximum atomic E-state index is 12.3. The zero-order valence-electron chi connectivity index (χ0n) is 13.5. The molecule has 1 amide bonds. The Hall–Kier alpha value is -0.610. The van der Waals surface area contributed by atoms with Gasteiger partial charge in [0.05, 0.1) is 6.04 Å². The molecule has 0 aromatic heterocycles. The van der Waals surface area contributed by atoms with Gasteiger partial charge < -0.3 is 11.1 Å². The molecule has 0 aromatic rings. The van der Waals surface area contributed by atoms with E-state index in [1.54, 1.807) is 0 Å². The average Bonchev–Trinajstić information content (AvgIpc) is 2.92. The number of nitrogens with zero attached hydrogens (tertiary/aromatic N) is 1. The Morgan fingerprint density at radius 1 is 1.30 bits per heavy atom. The van der Waals surface area contributed by atoms with Crippen LogP contribution in [0.3, 0.4) is 0 Å². The maximum Gasteiger partial charge on any atom is 0.237 e. The first-order valence-corrected chi connectivity index (χ1v) is 8.29. The highest BCUT2D eigenvalue weighted by Gasteiger charge is 2.29. The maximum absolute atomic E-state index is 12.3. The number of amides is 1. The van der Waals surface area contributed by atoms with E-state index in [0.717, 1.165) is 25.9 Å². The minimum Gasteiger partial charge on any atom is -0.355 e. The van der Waals surface area contributed by atoms with Crippen molar-refractivity contribution in [3.63, 3.8) is 0 Å². The summed E-state index contributed by atoms with van der Waals surface area (Å²) in [5.41, 5.74) is 5.64. The fourth-order valence-corrected chi connectivity index (χ4v) is 2.98. The second kappa shape index (κ2) is 9.35. The van der Waals surface area contributed by atoms with Crippen LogP contribution in [0, 0.1) is 5.92 Å². The molecule has 1 aliphatic rings. The number of carbonyl (C=O) groups excluding carboxylic acids is 1. The van der Waals surface area contributed by atoms with Crippen molar-refractivity contribution in [3.05, 3.63) is 0 Å². The summed E-state index contributed by atoms with van der Waals surface area (Å²) in [7, 11) is 0. The van der Waals surface area contributed by atoms with Gasteiger partial charge >= 0.3 is 0 Å². The highest BCUT2D eigenvalue weighted by atomic mass is 16.2. The van der Waals surface area contributed by atoms with Crippen LogP contribution >= 0.6 is 0 Å². The molecular weight excluding hydrogens is 250 g/mol. The summed E-state index contributed by atoms with van der Waals surface area (Å²) in [4.78, 5) is 14.7. The Morgan fingerprint density at radius 3 is 2.50 bits per heavy atom. The van der Waals surface area contributed by atoms with E-state index in [0.29, 0.717) is 18.5 Å². The summed E-state index contributed by atoms with van der Waals surface area (Å²) in [6, 6.07) is 0.546. The SMILES string of the molecule is CC(C)CCNC(=O)C(C)N(CCCN)C1CCCC1. The van der Waals surface area contributed by atoms with E-state index in [1.807, 2.05) is 6.92 Å². The minimum absolute atomic E-state index is 0.0307. The first-order chi connectivity index (χ1) is 9.56. The topological polar surface area (TPSA) is 58.4 Å². The Balaban J connectivity index is 2.47.